The number of benzene rings is 2. The number of aromatic nitrogens is 3. The average Bonchev–Trinajstić information content (AvgIpc) is 3.25. The van der Waals surface area contributed by atoms with Gasteiger partial charge in [0.15, 0.2) is 11.5 Å². The van der Waals surface area contributed by atoms with Gasteiger partial charge in [-0.1, -0.05) is 23.7 Å². The predicted molar refractivity (Wildman–Crippen MR) is 119 cm³/mol. The molecule has 0 saturated carbocycles. The fourth-order valence-corrected chi connectivity index (χ4v) is 3.95. The molecule has 2 aromatic heterocycles. The molecule has 0 spiro atoms. The van der Waals surface area contributed by atoms with Gasteiger partial charge in [0.05, 0.1) is 5.69 Å². The molecule has 0 bridgehead atoms. The van der Waals surface area contributed by atoms with Crippen molar-refractivity contribution in [3.63, 3.8) is 0 Å². The third-order valence-electron chi connectivity index (χ3n) is 5.37. The summed E-state index contributed by atoms with van der Waals surface area (Å²) in [6, 6.07) is 16.3. The second-order valence-corrected chi connectivity index (χ2v) is 7.80. The van der Waals surface area contributed by atoms with Crippen molar-refractivity contribution in [2.75, 3.05) is 23.3 Å². The van der Waals surface area contributed by atoms with Crippen LogP contribution in [0.15, 0.2) is 67.1 Å². The maximum absolute atomic E-state index is 6.00. The fraction of sp³-hybridized carbons (Fsp3) is 0.217. The second-order valence-electron chi connectivity index (χ2n) is 7.36. The van der Waals surface area contributed by atoms with Gasteiger partial charge >= 0.3 is 0 Å². The highest BCUT2D eigenvalue weighted by atomic mass is 35.5. The maximum atomic E-state index is 6.00. The molecule has 0 aliphatic carbocycles. The first kappa shape index (κ1) is 18.0. The highest BCUT2D eigenvalue weighted by molar-refractivity contribution is 6.30. The summed E-state index contributed by atoms with van der Waals surface area (Å²) < 4.78 is 2.00. The Labute approximate surface area is 175 Å². The van der Waals surface area contributed by atoms with Crippen LogP contribution in [0.3, 0.4) is 0 Å². The van der Waals surface area contributed by atoms with E-state index in [2.05, 4.69) is 39.5 Å². The molecule has 6 heteroatoms. The van der Waals surface area contributed by atoms with Crippen molar-refractivity contribution < 1.29 is 0 Å². The van der Waals surface area contributed by atoms with Gasteiger partial charge < -0.3 is 14.6 Å². The van der Waals surface area contributed by atoms with Crippen LogP contribution in [-0.2, 0) is 0 Å². The summed E-state index contributed by atoms with van der Waals surface area (Å²) >= 11 is 6.00. The Morgan fingerprint density at radius 2 is 1.66 bits per heavy atom. The number of hydrogen-bond acceptors (Lipinski definition) is 4. The molecular weight excluding hydrogens is 382 g/mol. The van der Waals surface area contributed by atoms with E-state index in [9.17, 15) is 0 Å². The zero-order valence-electron chi connectivity index (χ0n) is 16.1. The monoisotopic (exact) mass is 403 g/mol. The molecule has 1 N–H and O–H groups in total. The molecule has 0 radical (unpaired) electrons. The lowest BCUT2D eigenvalue weighted by Crippen LogP contribution is -2.29. The van der Waals surface area contributed by atoms with Crippen LogP contribution in [0.1, 0.15) is 19.3 Å². The highest BCUT2D eigenvalue weighted by Crippen LogP contribution is 2.27. The van der Waals surface area contributed by atoms with Crippen molar-refractivity contribution in [1.29, 1.82) is 0 Å². The number of anilines is 3. The van der Waals surface area contributed by atoms with E-state index in [1.165, 1.54) is 24.9 Å². The van der Waals surface area contributed by atoms with Gasteiger partial charge in [-0.25, -0.2) is 9.97 Å². The first-order valence-corrected chi connectivity index (χ1v) is 10.4. The van der Waals surface area contributed by atoms with Gasteiger partial charge in [0.2, 0.25) is 0 Å². The van der Waals surface area contributed by atoms with E-state index < -0.39 is 0 Å². The van der Waals surface area contributed by atoms with E-state index in [0.717, 1.165) is 41.5 Å². The Morgan fingerprint density at radius 3 is 2.41 bits per heavy atom. The lowest BCUT2D eigenvalue weighted by atomic mass is 10.1. The van der Waals surface area contributed by atoms with Crippen molar-refractivity contribution in [2.24, 2.45) is 0 Å². The van der Waals surface area contributed by atoms with Gasteiger partial charge in [0.1, 0.15) is 0 Å². The number of imidazole rings is 1. The van der Waals surface area contributed by atoms with Gasteiger partial charge in [0.25, 0.3) is 0 Å². The molecule has 1 saturated heterocycles. The molecule has 5 nitrogen and oxygen atoms in total. The maximum Gasteiger partial charge on any atom is 0.180 e. The lowest BCUT2D eigenvalue weighted by molar-refractivity contribution is 0.578. The topological polar surface area (TPSA) is 45.5 Å². The van der Waals surface area contributed by atoms with E-state index in [1.54, 1.807) is 6.20 Å². The molecule has 29 heavy (non-hydrogen) atoms. The smallest absolute Gasteiger partial charge is 0.180 e. The molecule has 146 valence electrons. The van der Waals surface area contributed by atoms with E-state index >= 15 is 0 Å². The summed E-state index contributed by atoms with van der Waals surface area (Å²) in [6.45, 7) is 2.29. The van der Waals surface area contributed by atoms with Gasteiger partial charge in [-0.05, 0) is 55.7 Å². The Hall–Kier alpha value is -3.05. The fourth-order valence-electron chi connectivity index (χ4n) is 3.82. The summed E-state index contributed by atoms with van der Waals surface area (Å²) in [5.41, 5.74) is 4.98. The van der Waals surface area contributed by atoms with E-state index in [0.29, 0.717) is 5.02 Å². The van der Waals surface area contributed by atoms with Crippen molar-refractivity contribution >= 4 is 34.4 Å². The summed E-state index contributed by atoms with van der Waals surface area (Å²) in [6.07, 6.45) is 9.64. The van der Waals surface area contributed by atoms with Crippen LogP contribution in [0, 0.1) is 0 Å². The molecule has 1 fully saturated rings. The molecule has 0 amide bonds. The Bertz CT molecular complexity index is 1110. The molecule has 4 aromatic rings. The Morgan fingerprint density at radius 1 is 0.897 bits per heavy atom. The van der Waals surface area contributed by atoms with Crippen LogP contribution in [0.5, 0.6) is 0 Å². The van der Waals surface area contributed by atoms with Crippen LogP contribution < -0.4 is 10.2 Å². The first-order chi connectivity index (χ1) is 14.3. The number of nitrogens with one attached hydrogen (secondary N) is 1. The number of halogens is 1. The zero-order chi connectivity index (χ0) is 19.6. The minimum atomic E-state index is 0.706. The number of hydrogen-bond donors (Lipinski definition) is 1. The molecule has 1 aliphatic heterocycles. The first-order valence-electron chi connectivity index (χ1n) is 9.98. The average molecular weight is 404 g/mol. The summed E-state index contributed by atoms with van der Waals surface area (Å²) in [7, 11) is 0. The van der Waals surface area contributed by atoms with E-state index in [1.807, 2.05) is 41.1 Å². The molecular formula is C23H22ClN5. The lowest BCUT2D eigenvalue weighted by Gasteiger charge is -2.28. The molecule has 0 unspecified atom stereocenters. The van der Waals surface area contributed by atoms with E-state index in [-0.39, 0.29) is 0 Å². The van der Waals surface area contributed by atoms with Crippen molar-refractivity contribution in [3.8, 4) is 11.3 Å². The number of piperidine rings is 1. The van der Waals surface area contributed by atoms with Crippen LogP contribution in [0.2, 0.25) is 5.02 Å². The van der Waals surface area contributed by atoms with Crippen LogP contribution in [-0.4, -0.2) is 27.5 Å². The second kappa shape index (κ2) is 7.76. The zero-order valence-corrected chi connectivity index (χ0v) is 16.8. The van der Waals surface area contributed by atoms with Gasteiger partial charge in [-0.2, -0.15) is 0 Å². The van der Waals surface area contributed by atoms with Gasteiger partial charge in [-0.3, -0.25) is 0 Å². The summed E-state index contributed by atoms with van der Waals surface area (Å²) in [5, 5.41) is 4.08. The molecule has 2 aromatic carbocycles. The number of nitrogens with zero attached hydrogens (tertiary/aromatic N) is 4. The molecule has 5 rings (SSSR count). The Kier molecular flexibility index (Phi) is 4.82. The van der Waals surface area contributed by atoms with Crippen LogP contribution in [0.4, 0.5) is 17.2 Å². The van der Waals surface area contributed by atoms with Gasteiger partial charge in [0, 0.05) is 53.6 Å². The Balaban J connectivity index is 1.47. The molecule has 3 heterocycles. The predicted octanol–water partition coefficient (Wildman–Crippen LogP) is 5.78. The molecule has 0 atom stereocenters. The normalized spacial score (nSPS) is 14.3. The van der Waals surface area contributed by atoms with Crippen molar-refractivity contribution in [1.82, 2.24) is 14.4 Å². The van der Waals surface area contributed by atoms with Crippen molar-refractivity contribution in [3.05, 3.63) is 72.1 Å². The standard InChI is InChI=1S/C23H22ClN5/c24-18-6-8-19(9-7-18)26-22-23-25-12-15-29(23)16-21(27-22)17-4-10-20(11-5-17)28-13-2-1-3-14-28/h4-12,15-16H,1-3,13-14H2,(H,26,27). The minimum Gasteiger partial charge on any atom is -0.372 e. The highest BCUT2D eigenvalue weighted by Gasteiger charge is 2.13. The number of fused-ring (bicyclic) bond motifs is 1. The largest absolute Gasteiger partial charge is 0.372 e. The third kappa shape index (κ3) is 3.78. The van der Waals surface area contributed by atoms with E-state index in [4.69, 9.17) is 16.6 Å². The number of rotatable bonds is 4. The summed E-state index contributed by atoms with van der Waals surface area (Å²) in [5.74, 6) is 0.718. The minimum absolute atomic E-state index is 0.706. The van der Waals surface area contributed by atoms with Crippen LogP contribution >= 0.6 is 11.6 Å². The third-order valence-corrected chi connectivity index (χ3v) is 5.62. The van der Waals surface area contributed by atoms with Gasteiger partial charge in [-0.15, -0.1) is 0 Å². The SMILES string of the molecule is Clc1ccc(Nc2nc(-c3ccc(N4CCCCC4)cc3)cn3ccnc23)cc1. The van der Waals surface area contributed by atoms with Crippen LogP contribution in [0.25, 0.3) is 16.9 Å². The van der Waals surface area contributed by atoms with Crippen molar-refractivity contribution in [2.45, 2.75) is 19.3 Å². The quantitative estimate of drug-likeness (QED) is 0.469. The summed E-state index contributed by atoms with van der Waals surface area (Å²) in [4.78, 5) is 11.8. The molecule has 1 aliphatic rings.